The molecule has 9 heavy (non-hydrogen) atoms. The standard InChI is InChI=1S/C7H12O2/c1-4-5(2)6(3)7(8)9/h4-6H,1H2,2-3H3,(H,8,9)/t5?,6-/m0/s1. The van der Waals surface area contributed by atoms with Crippen molar-refractivity contribution < 1.29 is 9.90 Å². The predicted molar refractivity (Wildman–Crippen MR) is 36.2 cm³/mol. The molecule has 1 unspecified atom stereocenters. The molecule has 0 aromatic rings. The van der Waals surface area contributed by atoms with Gasteiger partial charge in [0, 0.05) is 0 Å². The van der Waals surface area contributed by atoms with Gasteiger partial charge < -0.3 is 5.11 Å². The molecule has 2 heteroatoms. The molecule has 0 aliphatic carbocycles. The van der Waals surface area contributed by atoms with Crippen molar-refractivity contribution in [1.82, 2.24) is 0 Å². The van der Waals surface area contributed by atoms with E-state index in [1.165, 1.54) is 0 Å². The van der Waals surface area contributed by atoms with Gasteiger partial charge >= 0.3 is 5.97 Å². The normalized spacial score (nSPS) is 16.2. The van der Waals surface area contributed by atoms with Crippen LogP contribution in [0.1, 0.15) is 13.8 Å². The van der Waals surface area contributed by atoms with E-state index < -0.39 is 5.97 Å². The highest BCUT2D eigenvalue weighted by molar-refractivity contribution is 5.70. The molecule has 0 spiro atoms. The molecule has 0 saturated carbocycles. The van der Waals surface area contributed by atoms with Crippen molar-refractivity contribution in [2.24, 2.45) is 11.8 Å². The first-order valence-corrected chi connectivity index (χ1v) is 2.95. The fourth-order valence-electron chi connectivity index (χ4n) is 0.429. The van der Waals surface area contributed by atoms with Gasteiger partial charge in [0.05, 0.1) is 5.92 Å². The van der Waals surface area contributed by atoms with Gasteiger partial charge in [0.25, 0.3) is 0 Å². The Kier molecular flexibility index (Phi) is 2.99. The molecular weight excluding hydrogens is 116 g/mol. The van der Waals surface area contributed by atoms with Gasteiger partial charge in [-0.1, -0.05) is 19.9 Å². The Morgan fingerprint density at radius 2 is 2.11 bits per heavy atom. The summed E-state index contributed by atoms with van der Waals surface area (Å²) in [6, 6.07) is 0. The van der Waals surface area contributed by atoms with Crippen LogP contribution in [0, 0.1) is 11.8 Å². The van der Waals surface area contributed by atoms with Crippen molar-refractivity contribution in [2.45, 2.75) is 13.8 Å². The Labute approximate surface area is 55.2 Å². The number of allylic oxidation sites excluding steroid dienone is 1. The van der Waals surface area contributed by atoms with E-state index in [-0.39, 0.29) is 11.8 Å². The Hall–Kier alpha value is -0.790. The summed E-state index contributed by atoms with van der Waals surface area (Å²) in [6.45, 7) is 7.02. The van der Waals surface area contributed by atoms with Crippen molar-refractivity contribution in [1.29, 1.82) is 0 Å². The zero-order chi connectivity index (χ0) is 7.44. The second-order valence-electron chi connectivity index (χ2n) is 2.22. The van der Waals surface area contributed by atoms with Crippen LogP contribution in [0.4, 0.5) is 0 Å². The molecule has 0 radical (unpaired) electrons. The van der Waals surface area contributed by atoms with Gasteiger partial charge in [-0.3, -0.25) is 4.79 Å². The van der Waals surface area contributed by atoms with E-state index in [0.717, 1.165) is 0 Å². The average molecular weight is 128 g/mol. The van der Waals surface area contributed by atoms with Crippen molar-refractivity contribution in [2.75, 3.05) is 0 Å². The van der Waals surface area contributed by atoms with E-state index in [1.807, 2.05) is 6.92 Å². The summed E-state index contributed by atoms with van der Waals surface area (Å²) in [5.74, 6) is -1.02. The molecule has 0 aromatic carbocycles. The molecule has 0 amide bonds. The zero-order valence-electron chi connectivity index (χ0n) is 5.79. The minimum absolute atomic E-state index is 0.0579. The monoisotopic (exact) mass is 128 g/mol. The number of aliphatic carboxylic acids is 1. The van der Waals surface area contributed by atoms with E-state index in [1.54, 1.807) is 13.0 Å². The third-order valence-corrected chi connectivity index (χ3v) is 1.55. The van der Waals surface area contributed by atoms with Gasteiger partial charge in [0.15, 0.2) is 0 Å². The first kappa shape index (κ1) is 8.21. The second-order valence-corrected chi connectivity index (χ2v) is 2.22. The fraction of sp³-hybridized carbons (Fsp3) is 0.571. The van der Waals surface area contributed by atoms with Crippen LogP contribution in [0.15, 0.2) is 12.7 Å². The second kappa shape index (κ2) is 3.28. The summed E-state index contributed by atoms with van der Waals surface area (Å²) in [5.41, 5.74) is 0. The van der Waals surface area contributed by atoms with Gasteiger partial charge in [-0.05, 0) is 5.92 Å². The minimum Gasteiger partial charge on any atom is -0.481 e. The molecule has 2 atom stereocenters. The maximum atomic E-state index is 10.3. The quantitative estimate of drug-likeness (QED) is 0.585. The van der Waals surface area contributed by atoms with E-state index in [2.05, 4.69) is 6.58 Å². The van der Waals surface area contributed by atoms with E-state index >= 15 is 0 Å². The van der Waals surface area contributed by atoms with Crippen molar-refractivity contribution in [3.05, 3.63) is 12.7 Å². The molecule has 1 N–H and O–H groups in total. The fourth-order valence-corrected chi connectivity index (χ4v) is 0.429. The van der Waals surface area contributed by atoms with E-state index in [4.69, 9.17) is 5.11 Å². The predicted octanol–water partition coefficient (Wildman–Crippen LogP) is 1.53. The number of carboxylic acids is 1. The Balaban J connectivity index is 3.86. The molecule has 0 bridgehead atoms. The lowest BCUT2D eigenvalue weighted by Crippen LogP contribution is -2.15. The lowest BCUT2D eigenvalue weighted by Gasteiger charge is -2.09. The van der Waals surface area contributed by atoms with Gasteiger partial charge in [-0.25, -0.2) is 0 Å². The molecule has 0 aromatic heterocycles. The summed E-state index contributed by atoms with van der Waals surface area (Å²) in [4.78, 5) is 10.3. The SMILES string of the molecule is C=CC(C)[C@H](C)C(=O)O. The third kappa shape index (κ3) is 2.31. The van der Waals surface area contributed by atoms with Crippen LogP contribution in [0.3, 0.4) is 0 Å². The average Bonchev–Trinajstić information content (AvgIpc) is 1.84. The van der Waals surface area contributed by atoms with Crippen molar-refractivity contribution >= 4 is 5.97 Å². The number of hydrogen-bond acceptors (Lipinski definition) is 1. The van der Waals surface area contributed by atoms with Crippen molar-refractivity contribution in [3.8, 4) is 0 Å². The smallest absolute Gasteiger partial charge is 0.306 e. The first-order chi connectivity index (χ1) is 4.09. The van der Waals surface area contributed by atoms with Gasteiger partial charge in [0.2, 0.25) is 0 Å². The summed E-state index contributed by atoms with van der Waals surface area (Å²) in [6.07, 6.45) is 1.65. The summed E-state index contributed by atoms with van der Waals surface area (Å²) in [5, 5.41) is 8.44. The zero-order valence-corrected chi connectivity index (χ0v) is 5.79. The molecular formula is C7H12O2. The van der Waals surface area contributed by atoms with E-state index in [9.17, 15) is 4.79 Å². The van der Waals surface area contributed by atoms with E-state index in [0.29, 0.717) is 0 Å². The highest BCUT2D eigenvalue weighted by Gasteiger charge is 2.15. The topological polar surface area (TPSA) is 37.3 Å². The lowest BCUT2D eigenvalue weighted by atomic mass is 9.97. The van der Waals surface area contributed by atoms with Gasteiger partial charge in [-0.2, -0.15) is 0 Å². The van der Waals surface area contributed by atoms with Crippen LogP contribution in [-0.4, -0.2) is 11.1 Å². The molecule has 0 saturated heterocycles. The maximum Gasteiger partial charge on any atom is 0.306 e. The molecule has 2 nitrogen and oxygen atoms in total. The highest BCUT2D eigenvalue weighted by atomic mass is 16.4. The van der Waals surface area contributed by atoms with Crippen LogP contribution in [0.25, 0.3) is 0 Å². The van der Waals surface area contributed by atoms with Crippen molar-refractivity contribution in [3.63, 3.8) is 0 Å². The lowest BCUT2D eigenvalue weighted by molar-refractivity contribution is -0.142. The molecule has 0 rings (SSSR count). The molecule has 0 aliphatic rings. The molecule has 0 heterocycles. The molecule has 0 aliphatic heterocycles. The largest absolute Gasteiger partial charge is 0.481 e. The third-order valence-electron chi connectivity index (χ3n) is 1.55. The Bertz CT molecular complexity index is 118. The summed E-state index contributed by atoms with van der Waals surface area (Å²) < 4.78 is 0. The van der Waals surface area contributed by atoms with Crippen LogP contribution < -0.4 is 0 Å². The molecule has 0 fully saturated rings. The van der Waals surface area contributed by atoms with Gasteiger partial charge in [0.1, 0.15) is 0 Å². The summed E-state index contributed by atoms with van der Waals surface area (Å²) >= 11 is 0. The summed E-state index contributed by atoms with van der Waals surface area (Å²) in [7, 11) is 0. The van der Waals surface area contributed by atoms with Gasteiger partial charge in [-0.15, -0.1) is 6.58 Å². The number of carboxylic acid groups (broad SMARTS) is 1. The maximum absolute atomic E-state index is 10.3. The molecule has 52 valence electrons. The Morgan fingerprint density at radius 3 is 2.22 bits per heavy atom. The Morgan fingerprint density at radius 1 is 1.67 bits per heavy atom. The van der Waals surface area contributed by atoms with Crippen LogP contribution in [-0.2, 0) is 4.79 Å². The minimum atomic E-state index is -0.762. The van der Waals surface area contributed by atoms with Crippen LogP contribution >= 0.6 is 0 Å². The van der Waals surface area contributed by atoms with Crippen LogP contribution in [0.2, 0.25) is 0 Å². The number of carbonyl (C=O) groups is 1. The van der Waals surface area contributed by atoms with Crippen LogP contribution in [0.5, 0.6) is 0 Å². The number of rotatable bonds is 3. The number of hydrogen-bond donors (Lipinski definition) is 1. The highest BCUT2D eigenvalue weighted by Crippen LogP contribution is 2.10. The first-order valence-electron chi connectivity index (χ1n) is 2.95.